The summed E-state index contributed by atoms with van der Waals surface area (Å²) in [5.41, 5.74) is 5.79. The Labute approximate surface area is 108 Å². The maximum Gasteiger partial charge on any atom is 0.242 e. The van der Waals surface area contributed by atoms with Gasteiger partial charge in [0, 0.05) is 5.69 Å². The van der Waals surface area contributed by atoms with Crippen LogP contribution in [0.15, 0.2) is 23.1 Å². The van der Waals surface area contributed by atoms with E-state index in [0.29, 0.717) is 5.69 Å². The molecule has 98 valence electrons. The van der Waals surface area contributed by atoms with Crippen LogP contribution in [0.1, 0.15) is 11.4 Å². The van der Waals surface area contributed by atoms with Crippen molar-refractivity contribution < 1.29 is 8.42 Å². The Kier molecular flexibility index (Phi) is 3.41. The van der Waals surface area contributed by atoms with E-state index in [4.69, 9.17) is 11.0 Å². The summed E-state index contributed by atoms with van der Waals surface area (Å²) in [4.78, 5) is -0.146. The monoisotopic (exact) mass is 279 g/mol. The number of anilines is 1. The number of aromatic nitrogens is 4. The van der Waals surface area contributed by atoms with Gasteiger partial charge in [0.05, 0.1) is 17.0 Å². The minimum absolute atomic E-state index is 0.0272. The van der Waals surface area contributed by atoms with Gasteiger partial charge in [-0.25, -0.2) is 13.1 Å². The molecular formula is C9H9N7O2S. The lowest BCUT2D eigenvalue weighted by Gasteiger charge is -2.07. The Morgan fingerprint density at radius 1 is 1.47 bits per heavy atom. The number of H-pyrrole nitrogens is 1. The van der Waals surface area contributed by atoms with Gasteiger partial charge < -0.3 is 5.73 Å². The van der Waals surface area contributed by atoms with Crippen molar-refractivity contribution in [1.82, 2.24) is 25.3 Å². The molecule has 0 aliphatic carbocycles. The minimum Gasteiger partial charge on any atom is -0.399 e. The van der Waals surface area contributed by atoms with E-state index in [1.54, 1.807) is 6.07 Å². The third kappa shape index (κ3) is 2.84. The van der Waals surface area contributed by atoms with Gasteiger partial charge in [-0.3, -0.25) is 0 Å². The smallest absolute Gasteiger partial charge is 0.242 e. The molecule has 4 N–H and O–H groups in total. The van der Waals surface area contributed by atoms with Crippen molar-refractivity contribution in [3.63, 3.8) is 0 Å². The molecule has 0 bridgehead atoms. The van der Waals surface area contributed by atoms with Crippen LogP contribution in [0.5, 0.6) is 0 Å². The Morgan fingerprint density at radius 2 is 2.26 bits per heavy atom. The molecule has 0 fully saturated rings. The topological polar surface area (TPSA) is 150 Å². The second-order valence-electron chi connectivity index (χ2n) is 3.52. The molecule has 0 spiro atoms. The zero-order valence-corrected chi connectivity index (χ0v) is 10.3. The predicted molar refractivity (Wildman–Crippen MR) is 63.8 cm³/mol. The van der Waals surface area contributed by atoms with Gasteiger partial charge in [0.15, 0.2) is 5.82 Å². The Morgan fingerprint density at radius 3 is 2.89 bits per heavy atom. The summed E-state index contributed by atoms with van der Waals surface area (Å²) in [6, 6.07) is 5.76. The van der Waals surface area contributed by atoms with Crippen LogP contribution < -0.4 is 10.5 Å². The fraction of sp³-hybridized carbons (Fsp3) is 0.111. The summed E-state index contributed by atoms with van der Waals surface area (Å²) >= 11 is 0. The molecule has 0 radical (unpaired) electrons. The number of sulfonamides is 1. The van der Waals surface area contributed by atoms with Gasteiger partial charge in [-0.05, 0) is 18.2 Å². The first-order valence-electron chi connectivity index (χ1n) is 5.04. The molecule has 1 aromatic heterocycles. The van der Waals surface area contributed by atoms with E-state index in [9.17, 15) is 8.42 Å². The first-order chi connectivity index (χ1) is 9.03. The zero-order valence-electron chi connectivity index (χ0n) is 9.53. The Balaban J connectivity index is 2.27. The Bertz CT molecular complexity index is 718. The van der Waals surface area contributed by atoms with Gasteiger partial charge in [0.2, 0.25) is 10.0 Å². The fourth-order valence-corrected chi connectivity index (χ4v) is 2.48. The number of nitrogen functional groups attached to an aromatic ring is 1. The maximum absolute atomic E-state index is 12.0. The van der Waals surface area contributed by atoms with Gasteiger partial charge in [-0.15, -0.1) is 10.2 Å². The van der Waals surface area contributed by atoms with Gasteiger partial charge in [-0.1, -0.05) is 5.21 Å². The van der Waals surface area contributed by atoms with Crippen molar-refractivity contribution in [2.75, 3.05) is 5.73 Å². The van der Waals surface area contributed by atoms with E-state index < -0.39 is 10.0 Å². The minimum atomic E-state index is -3.85. The highest BCUT2D eigenvalue weighted by Crippen LogP contribution is 2.17. The molecule has 19 heavy (non-hydrogen) atoms. The third-order valence-corrected chi connectivity index (χ3v) is 3.68. The zero-order chi connectivity index (χ0) is 13.9. The van der Waals surface area contributed by atoms with Crippen molar-refractivity contribution in [3.05, 3.63) is 29.6 Å². The highest BCUT2D eigenvalue weighted by atomic mass is 32.2. The number of benzene rings is 1. The second kappa shape index (κ2) is 5.01. The summed E-state index contributed by atoms with van der Waals surface area (Å²) in [5, 5.41) is 21.6. The molecule has 9 nitrogen and oxygen atoms in total. The molecule has 0 aliphatic heterocycles. The molecule has 2 rings (SSSR count). The summed E-state index contributed by atoms with van der Waals surface area (Å²) < 4.78 is 26.3. The lowest BCUT2D eigenvalue weighted by Crippen LogP contribution is -2.24. The lowest BCUT2D eigenvalue weighted by atomic mass is 10.2. The molecule has 0 amide bonds. The van der Waals surface area contributed by atoms with Crippen molar-refractivity contribution in [3.8, 4) is 6.07 Å². The van der Waals surface area contributed by atoms with Gasteiger partial charge in [-0.2, -0.15) is 10.5 Å². The maximum atomic E-state index is 12.0. The quantitative estimate of drug-likeness (QED) is 0.615. The second-order valence-corrected chi connectivity index (χ2v) is 5.26. The van der Waals surface area contributed by atoms with Gasteiger partial charge in [0.25, 0.3) is 0 Å². The van der Waals surface area contributed by atoms with Crippen molar-refractivity contribution >= 4 is 15.7 Å². The molecule has 10 heteroatoms. The number of nitrogens with zero attached hydrogens (tertiary/aromatic N) is 4. The number of rotatable bonds is 4. The fourth-order valence-electron chi connectivity index (χ4n) is 1.36. The van der Waals surface area contributed by atoms with Crippen molar-refractivity contribution in [1.29, 1.82) is 5.26 Å². The van der Waals surface area contributed by atoms with Crippen molar-refractivity contribution in [2.24, 2.45) is 0 Å². The predicted octanol–water partition coefficient (Wildman–Crippen LogP) is -0.868. The van der Waals surface area contributed by atoms with Crippen LogP contribution in [0.3, 0.4) is 0 Å². The van der Waals surface area contributed by atoms with Crippen LogP contribution in [0.4, 0.5) is 5.69 Å². The standard InChI is InChI=1S/C9H9N7O2S/c10-4-6-3-7(11)1-2-8(6)19(17,18)12-5-9-13-15-16-14-9/h1-3,12H,5,11H2,(H,13,14,15,16). The van der Waals surface area contributed by atoms with E-state index in [2.05, 4.69) is 25.3 Å². The van der Waals surface area contributed by atoms with Gasteiger partial charge in [0.1, 0.15) is 6.07 Å². The number of hydrogen-bond acceptors (Lipinski definition) is 7. The van der Waals surface area contributed by atoms with Crippen LogP contribution in [-0.4, -0.2) is 29.0 Å². The molecule has 0 atom stereocenters. The van der Waals surface area contributed by atoms with E-state index in [1.165, 1.54) is 18.2 Å². The Hall–Kier alpha value is -2.51. The highest BCUT2D eigenvalue weighted by molar-refractivity contribution is 7.89. The normalized spacial score (nSPS) is 11.1. The van der Waals surface area contributed by atoms with E-state index >= 15 is 0 Å². The highest BCUT2D eigenvalue weighted by Gasteiger charge is 2.19. The molecule has 0 saturated heterocycles. The van der Waals surface area contributed by atoms with Crippen molar-refractivity contribution in [2.45, 2.75) is 11.4 Å². The number of nitrogens with one attached hydrogen (secondary N) is 2. The van der Waals surface area contributed by atoms with E-state index in [1.807, 2.05) is 0 Å². The average molecular weight is 279 g/mol. The number of nitriles is 1. The average Bonchev–Trinajstić information content (AvgIpc) is 2.89. The number of tetrazole rings is 1. The molecule has 0 saturated carbocycles. The molecule has 0 aliphatic rings. The molecule has 0 unspecified atom stereocenters. The number of hydrogen-bond donors (Lipinski definition) is 3. The van der Waals surface area contributed by atoms with E-state index in [-0.39, 0.29) is 22.8 Å². The summed E-state index contributed by atoms with van der Waals surface area (Å²) in [6.45, 7) is -0.131. The van der Waals surface area contributed by atoms with Crippen LogP contribution in [0.2, 0.25) is 0 Å². The third-order valence-electron chi connectivity index (χ3n) is 2.22. The molecular weight excluding hydrogens is 270 g/mol. The van der Waals surface area contributed by atoms with Crippen LogP contribution in [0, 0.1) is 11.3 Å². The van der Waals surface area contributed by atoms with Crippen LogP contribution >= 0.6 is 0 Å². The SMILES string of the molecule is N#Cc1cc(N)ccc1S(=O)(=O)NCc1nn[nH]n1. The van der Waals surface area contributed by atoms with Crippen LogP contribution in [-0.2, 0) is 16.6 Å². The molecule has 1 aromatic carbocycles. The largest absolute Gasteiger partial charge is 0.399 e. The summed E-state index contributed by atoms with van der Waals surface area (Å²) in [5.74, 6) is 0.192. The summed E-state index contributed by atoms with van der Waals surface area (Å²) in [6.07, 6.45) is 0. The van der Waals surface area contributed by atoms with Crippen LogP contribution in [0.25, 0.3) is 0 Å². The summed E-state index contributed by atoms with van der Waals surface area (Å²) in [7, 11) is -3.85. The molecule has 1 heterocycles. The number of aromatic amines is 1. The first-order valence-corrected chi connectivity index (χ1v) is 6.53. The van der Waals surface area contributed by atoms with Gasteiger partial charge >= 0.3 is 0 Å². The number of nitrogens with two attached hydrogens (primary N) is 1. The molecule has 2 aromatic rings. The first kappa shape index (κ1) is 12.9. The lowest BCUT2D eigenvalue weighted by molar-refractivity contribution is 0.579. The van der Waals surface area contributed by atoms with E-state index in [0.717, 1.165) is 0 Å².